The molecule has 3 aromatic rings. The Kier molecular flexibility index (Phi) is 6.73. The summed E-state index contributed by atoms with van der Waals surface area (Å²) >= 11 is 0. The Morgan fingerprint density at radius 1 is 0.875 bits per heavy atom. The number of alkyl halides is 3. The number of sulfonamides is 1. The first-order valence-electron chi connectivity index (χ1n) is 9.32. The van der Waals surface area contributed by atoms with E-state index in [1.54, 1.807) is 24.3 Å². The number of para-hydroxylation sites is 1. The number of nitrogens with one attached hydrogen (secondary N) is 1. The molecule has 0 spiro atoms. The molecule has 2 N–H and O–H groups in total. The van der Waals surface area contributed by atoms with Gasteiger partial charge in [-0.15, -0.1) is 13.2 Å². The molecule has 3 rings (SSSR count). The van der Waals surface area contributed by atoms with Gasteiger partial charge in [0.25, 0.3) is 10.0 Å². The number of hydrogen-bond acceptors (Lipinski definition) is 4. The minimum absolute atomic E-state index is 0.182. The van der Waals surface area contributed by atoms with Gasteiger partial charge in [-0.1, -0.05) is 36.4 Å². The zero-order chi connectivity index (χ0) is 23.4. The van der Waals surface area contributed by atoms with Crippen molar-refractivity contribution in [1.29, 1.82) is 0 Å². The number of benzene rings is 3. The van der Waals surface area contributed by atoms with E-state index in [9.17, 15) is 26.4 Å². The fraction of sp³-hybridized carbons (Fsp3) is 0.136. The summed E-state index contributed by atoms with van der Waals surface area (Å²) < 4.78 is 68.9. The van der Waals surface area contributed by atoms with Crippen molar-refractivity contribution in [2.24, 2.45) is 0 Å². The highest BCUT2D eigenvalue weighted by Gasteiger charge is 2.34. The first-order chi connectivity index (χ1) is 15.0. The summed E-state index contributed by atoms with van der Waals surface area (Å²) in [7, 11) is -4.32. The predicted octanol–water partition coefficient (Wildman–Crippen LogP) is 4.87. The van der Waals surface area contributed by atoms with Gasteiger partial charge < -0.3 is 9.84 Å². The minimum Gasteiger partial charge on any atom is -0.478 e. The molecule has 168 valence electrons. The molecule has 0 unspecified atom stereocenters. The summed E-state index contributed by atoms with van der Waals surface area (Å²) in [5.41, 5.74) is 2.23. The second-order valence-corrected chi connectivity index (χ2v) is 8.45. The van der Waals surface area contributed by atoms with Crippen LogP contribution in [0, 0.1) is 0 Å². The Balaban J connectivity index is 1.67. The van der Waals surface area contributed by atoms with Crippen molar-refractivity contribution in [3.63, 3.8) is 0 Å². The van der Waals surface area contributed by atoms with Crippen molar-refractivity contribution in [2.45, 2.75) is 24.1 Å². The molecule has 0 fully saturated rings. The number of hydrogen-bond donors (Lipinski definition) is 2. The van der Waals surface area contributed by atoms with Crippen molar-refractivity contribution in [1.82, 2.24) is 0 Å². The molecule has 6 nitrogen and oxygen atoms in total. The Morgan fingerprint density at radius 2 is 1.41 bits per heavy atom. The van der Waals surface area contributed by atoms with E-state index in [0.29, 0.717) is 12.8 Å². The van der Waals surface area contributed by atoms with Crippen LogP contribution in [-0.4, -0.2) is 25.9 Å². The average Bonchev–Trinajstić information content (AvgIpc) is 2.72. The van der Waals surface area contributed by atoms with Crippen LogP contribution in [0.1, 0.15) is 21.5 Å². The lowest BCUT2D eigenvalue weighted by molar-refractivity contribution is -0.275. The maximum absolute atomic E-state index is 12.6. The summed E-state index contributed by atoms with van der Waals surface area (Å²) in [6, 6.07) is 17.4. The first kappa shape index (κ1) is 23.1. The van der Waals surface area contributed by atoms with Gasteiger partial charge in [-0.05, 0) is 60.4 Å². The fourth-order valence-electron chi connectivity index (χ4n) is 2.93. The maximum atomic E-state index is 12.6. The summed E-state index contributed by atoms with van der Waals surface area (Å²) in [4.78, 5) is 10.3. The van der Waals surface area contributed by atoms with E-state index < -0.39 is 33.0 Å². The van der Waals surface area contributed by atoms with Crippen LogP contribution >= 0.6 is 0 Å². The largest absolute Gasteiger partial charge is 0.573 e. The van der Waals surface area contributed by atoms with Crippen LogP contribution in [0.2, 0.25) is 0 Å². The van der Waals surface area contributed by atoms with Gasteiger partial charge in [0.1, 0.15) is 10.6 Å². The van der Waals surface area contributed by atoms with Crippen molar-refractivity contribution in [3.05, 3.63) is 89.5 Å². The third-order valence-electron chi connectivity index (χ3n) is 4.47. The summed E-state index contributed by atoms with van der Waals surface area (Å²) in [5, 5.41) is 8.92. The van der Waals surface area contributed by atoms with Crippen LogP contribution in [-0.2, 0) is 22.9 Å². The predicted molar refractivity (Wildman–Crippen MR) is 111 cm³/mol. The number of ether oxygens (including phenoxy) is 1. The number of carboxylic acid groups (broad SMARTS) is 1. The average molecular weight is 465 g/mol. The highest BCUT2D eigenvalue weighted by Crippen LogP contribution is 2.30. The van der Waals surface area contributed by atoms with E-state index in [2.05, 4.69) is 9.46 Å². The molecule has 0 aromatic heterocycles. The van der Waals surface area contributed by atoms with Crippen LogP contribution < -0.4 is 9.46 Å². The molecule has 0 aliphatic rings. The number of halogens is 3. The highest BCUT2D eigenvalue weighted by molar-refractivity contribution is 7.92. The number of aromatic carboxylic acids is 1. The number of carboxylic acids is 1. The number of aryl methyl sites for hydroxylation is 2. The fourth-order valence-corrected chi connectivity index (χ4v) is 4.12. The van der Waals surface area contributed by atoms with E-state index >= 15 is 0 Å². The lowest BCUT2D eigenvalue weighted by Gasteiger charge is -2.14. The molecule has 0 amide bonds. The van der Waals surface area contributed by atoms with Crippen LogP contribution in [0.15, 0.2) is 77.7 Å². The normalized spacial score (nSPS) is 11.7. The summed E-state index contributed by atoms with van der Waals surface area (Å²) in [5.74, 6) is -1.82. The SMILES string of the molecule is O=C(O)c1ccc(CCc2ccc(NS(=O)(=O)c3ccccc3OC(F)(F)F)cc2)cc1. The van der Waals surface area contributed by atoms with Gasteiger partial charge in [0.15, 0.2) is 0 Å². The minimum atomic E-state index is -5.03. The smallest absolute Gasteiger partial charge is 0.478 e. The lowest BCUT2D eigenvalue weighted by Crippen LogP contribution is -2.20. The molecule has 0 radical (unpaired) electrons. The van der Waals surface area contributed by atoms with Gasteiger partial charge in [0.2, 0.25) is 0 Å². The molecule has 0 aliphatic carbocycles. The molecular formula is C22H18F3NO5S. The molecule has 32 heavy (non-hydrogen) atoms. The van der Waals surface area contributed by atoms with Crippen LogP contribution in [0.4, 0.5) is 18.9 Å². The van der Waals surface area contributed by atoms with E-state index in [1.807, 2.05) is 0 Å². The molecule has 0 bridgehead atoms. The summed E-state index contributed by atoms with van der Waals surface area (Å²) in [6.07, 6.45) is -3.75. The second-order valence-electron chi connectivity index (χ2n) is 6.80. The molecule has 0 saturated heterocycles. The lowest BCUT2D eigenvalue weighted by atomic mass is 10.0. The zero-order valence-corrected chi connectivity index (χ0v) is 17.3. The maximum Gasteiger partial charge on any atom is 0.573 e. The van der Waals surface area contributed by atoms with Crippen LogP contribution in [0.25, 0.3) is 0 Å². The van der Waals surface area contributed by atoms with Gasteiger partial charge in [0, 0.05) is 5.69 Å². The quantitative estimate of drug-likeness (QED) is 0.495. The number of anilines is 1. The molecule has 0 saturated carbocycles. The first-order valence-corrected chi connectivity index (χ1v) is 10.8. The topological polar surface area (TPSA) is 92.7 Å². The van der Waals surface area contributed by atoms with Crippen molar-refractivity contribution in [2.75, 3.05) is 4.72 Å². The van der Waals surface area contributed by atoms with E-state index in [4.69, 9.17) is 5.11 Å². The molecule has 0 aliphatic heterocycles. The standard InChI is InChI=1S/C22H18F3NO5S/c23-22(24,25)31-19-3-1-2-4-20(19)32(29,30)26-18-13-9-16(10-14-18)6-5-15-7-11-17(12-8-15)21(27)28/h1-4,7-14,26H,5-6H2,(H,27,28). The van der Waals surface area contributed by atoms with Crippen molar-refractivity contribution >= 4 is 21.7 Å². The molecule has 0 heterocycles. The van der Waals surface area contributed by atoms with Crippen molar-refractivity contribution in [3.8, 4) is 5.75 Å². The molecule has 10 heteroatoms. The van der Waals surface area contributed by atoms with Crippen LogP contribution in [0.3, 0.4) is 0 Å². The molecule has 3 aromatic carbocycles. The van der Waals surface area contributed by atoms with E-state index in [1.165, 1.54) is 36.4 Å². The Bertz CT molecular complexity index is 1190. The summed E-state index contributed by atoms with van der Waals surface area (Å²) in [6.45, 7) is 0. The van der Waals surface area contributed by atoms with E-state index in [0.717, 1.165) is 23.3 Å². The monoisotopic (exact) mass is 465 g/mol. The van der Waals surface area contributed by atoms with Gasteiger partial charge in [0.05, 0.1) is 5.56 Å². The Hall–Kier alpha value is -3.53. The highest BCUT2D eigenvalue weighted by atomic mass is 32.2. The number of rotatable bonds is 8. The number of carbonyl (C=O) groups is 1. The molecular weight excluding hydrogens is 447 g/mol. The second kappa shape index (κ2) is 9.31. The van der Waals surface area contributed by atoms with Crippen LogP contribution in [0.5, 0.6) is 5.75 Å². The third kappa shape index (κ3) is 6.24. The van der Waals surface area contributed by atoms with Gasteiger partial charge >= 0.3 is 12.3 Å². The Morgan fingerprint density at radius 3 is 1.94 bits per heavy atom. The van der Waals surface area contributed by atoms with Gasteiger partial charge in [-0.2, -0.15) is 0 Å². The van der Waals surface area contributed by atoms with Crippen molar-refractivity contribution < 1.29 is 36.2 Å². The van der Waals surface area contributed by atoms with E-state index in [-0.39, 0.29) is 11.3 Å². The molecule has 0 atom stereocenters. The van der Waals surface area contributed by atoms with Gasteiger partial charge in [-0.25, -0.2) is 13.2 Å². The third-order valence-corrected chi connectivity index (χ3v) is 5.89. The van der Waals surface area contributed by atoms with Gasteiger partial charge in [-0.3, -0.25) is 4.72 Å². The zero-order valence-electron chi connectivity index (χ0n) is 16.5. The Labute approximate surface area is 182 Å².